The first-order valence-electron chi connectivity index (χ1n) is 3.83. The van der Waals surface area contributed by atoms with E-state index >= 15 is 0 Å². The fraction of sp³-hybridized carbons (Fsp3) is 0.286. The third-order valence-corrected chi connectivity index (χ3v) is 1.24. The predicted octanol–water partition coefficient (Wildman–Crippen LogP) is -0.212. The van der Waals surface area contributed by atoms with Crippen molar-refractivity contribution in [2.75, 3.05) is 10.6 Å². The van der Waals surface area contributed by atoms with Crippen molar-refractivity contribution in [2.24, 2.45) is 0 Å². The van der Waals surface area contributed by atoms with Crippen molar-refractivity contribution < 1.29 is 9.59 Å². The number of nitrogens with zero attached hydrogens (tertiary/aromatic N) is 3. The monoisotopic (exact) mass is 195 g/mol. The van der Waals surface area contributed by atoms with Gasteiger partial charge in [-0.1, -0.05) is 0 Å². The Balaban J connectivity index is 2.90. The van der Waals surface area contributed by atoms with Gasteiger partial charge in [0.05, 0.1) is 6.20 Å². The smallest absolute Gasteiger partial charge is 0.222 e. The summed E-state index contributed by atoms with van der Waals surface area (Å²) in [5.74, 6) is -0.383. The summed E-state index contributed by atoms with van der Waals surface area (Å²) < 4.78 is 0. The van der Waals surface area contributed by atoms with E-state index in [9.17, 15) is 9.59 Å². The summed E-state index contributed by atoms with van der Waals surface area (Å²) in [5, 5.41) is 15.3. The second kappa shape index (κ2) is 4.26. The molecule has 0 aliphatic carbocycles. The van der Waals surface area contributed by atoms with Gasteiger partial charge in [0, 0.05) is 13.8 Å². The molecule has 0 radical (unpaired) electrons. The van der Waals surface area contributed by atoms with Crippen LogP contribution in [0.5, 0.6) is 0 Å². The summed E-state index contributed by atoms with van der Waals surface area (Å²) in [5.41, 5.74) is 0.322. The van der Waals surface area contributed by atoms with Gasteiger partial charge >= 0.3 is 0 Å². The van der Waals surface area contributed by atoms with Crippen LogP contribution in [0.1, 0.15) is 13.8 Å². The van der Waals surface area contributed by atoms with Crippen LogP contribution in [0.25, 0.3) is 0 Å². The molecule has 0 saturated heterocycles. The number of rotatable bonds is 2. The van der Waals surface area contributed by atoms with Gasteiger partial charge in [-0.05, 0) is 5.21 Å². The Morgan fingerprint density at radius 3 is 2.43 bits per heavy atom. The molecule has 1 rings (SSSR count). The van der Waals surface area contributed by atoms with E-state index in [1.807, 2.05) is 0 Å². The number of anilines is 2. The van der Waals surface area contributed by atoms with Gasteiger partial charge in [-0.2, -0.15) is 0 Å². The van der Waals surface area contributed by atoms with Crippen molar-refractivity contribution in [3.63, 3.8) is 0 Å². The molecule has 1 aromatic rings. The molecule has 0 aliphatic rings. The van der Waals surface area contributed by atoms with Gasteiger partial charge in [-0.25, -0.2) is 0 Å². The zero-order valence-corrected chi connectivity index (χ0v) is 7.74. The molecule has 0 saturated carbocycles. The van der Waals surface area contributed by atoms with Crippen LogP contribution in [0.2, 0.25) is 0 Å². The Morgan fingerprint density at radius 1 is 1.21 bits per heavy atom. The molecule has 0 spiro atoms. The highest BCUT2D eigenvalue weighted by molar-refractivity contribution is 5.96. The number of carbonyl (C=O) groups is 2. The number of nitrogens with one attached hydrogen (secondary N) is 2. The summed E-state index contributed by atoms with van der Waals surface area (Å²) in [7, 11) is 0. The largest absolute Gasteiger partial charge is 0.322 e. The molecule has 14 heavy (non-hydrogen) atoms. The zero-order valence-electron chi connectivity index (χ0n) is 7.74. The van der Waals surface area contributed by atoms with Crippen LogP contribution in [0.3, 0.4) is 0 Å². The van der Waals surface area contributed by atoms with E-state index in [1.54, 1.807) is 0 Å². The molecule has 7 heteroatoms. The summed E-state index contributed by atoms with van der Waals surface area (Å²) in [6.45, 7) is 2.68. The lowest BCUT2D eigenvalue weighted by Crippen LogP contribution is -2.14. The van der Waals surface area contributed by atoms with Gasteiger partial charge in [0.2, 0.25) is 11.8 Å². The Labute approximate surface area is 79.9 Å². The van der Waals surface area contributed by atoms with Crippen LogP contribution in [-0.4, -0.2) is 27.2 Å². The molecule has 0 aliphatic heterocycles. The van der Waals surface area contributed by atoms with Gasteiger partial charge in [0.1, 0.15) is 5.69 Å². The lowest BCUT2D eigenvalue weighted by molar-refractivity contribution is -0.115. The minimum Gasteiger partial charge on any atom is -0.322 e. The molecule has 0 fully saturated rings. The first kappa shape index (κ1) is 10.0. The molecule has 0 unspecified atom stereocenters. The van der Waals surface area contributed by atoms with Gasteiger partial charge in [-0.15, -0.1) is 10.2 Å². The Bertz CT molecular complexity index is 330. The average molecular weight is 195 g/mol. The van der Waals surface area contributed by atoms with Gasteiger partial charge in [0.25, 0.3) is 0 Å². The highest BCUT2D eigenvalue weighted by Crippen LogP contribution is 2.14. The number of hydrogen-bond donors (Lipinski definition) is 2. The van der Waals surface area contributed by atoms with E-state index < -0.39 is 0 Å². The second-order valence-corrected chi connectivity index (χ2v) is 2.56. The number of amides is 2. The Hall–Kier alpha value is -2.05. The molecule has 0 bridgehead atoms. The summed E-state index contributed by atoms with van der Waals surface area (Å²) in [6.07, 6.45) is 1.31. The molecule has 1 aromatic heterocycles. The maximum atomic E-state index is 10.8. The SMILES string of the molecule is CC(=O)Nc1cnnnc1NC(C)=O. The van der Waals surface area contributed by atoms with Crippen LogP contribution in [0, 0.1) is 0 Å². The molecule has 74 valence electrons. The maximum Gasteiger partial charge on any atom is 0.222 e. The van der Waals surface area contributed by atoms with E-state index in [4.69, 9.17) is 0 Å². The third-order valence-electron chi connectivity index (χ3n) is 1.24. The summed E-state index contributed by atoms with van der Waals surface area (Å²) >= 11 is 0. The van der Waals surface area contributed by atoms with Crippen molar-refractivity contribution in [3.8, 4) is 0 Å². The zero-order chi connectivity index (χ0) is 10.6. The van der Waals surface area contributed by atoms with E-state index in [1.165, 1.54) is 20.0 Å². The topological polar surface area (TPSA) is 96.9 Å². The molecule has 0 aromatic carbocycles. The molecular formula is C7H9N5O2. The second-order valence-electron chi connectivity index (χ2n) is 2.56. The normalized spacial score (nSPS) is 9.29. The van der Waals surface area contributed by atoms with Crippen LogP contribution in [0.15, 0.2) is 6.20 Å². The van der Waals surface area contributed by atoms with Crippen molar-refractivity contribution in [1.29, 1.82) is 0 Å². The van der Waals surface area contributed by atoms with Crippen molar-refractivity contribution in [1.82, 2.24) is 15.4 Å². The Kier molecular flexibility index (Phi) is 3.05. The highest BCUT2D eigenvalue weighted by atomic mass is 16.2. The first-order chi connectivity index (χ1) is 6.59. The van der Waals surface area contributed by atoms with Gasteiger partial charge in [0.15, 0.2) is 5.82 Å². The molecule has 7 nitrogen and oxygen atoms in total. The van der Waals surface area contributed by atoms with Crippen LogP contribution < -0.4 is 10.6 Å². The van der Waals surface area contributed by atoms with Crippen LogP contribution >= 0.6 is 0 Å². The fourth-order valence-corrected chi connectivity index (χ4v) is 0.809. The number of hydrogen-bond acceptors (Lipinski definition) is 5. The van der Waals surface area contributed by atoms with Crippen molar-refractivity contribution in [3.05, 3.63) is 6.20 Å². The van der Waals surface area contributed by atoms with E-state index in [0.29, 0.717) is 5.69 Å². The lowest BCUT2D eigenvalue weighted by atomic mass is 10.4. The van der Waals surface area contributed by atoms with E-state index in [-0.39, 0.29) is 17.6 Å². The Morgan fingerprint density at radius 2 is 1.86 bits per heavy atom. The molecule has 2 N–H and O–H groups in total. The van der Waals surface area contributed by atoms with Gasteiger partial charge < -0.3 is 10.6 Å². The lowest BCUT2D eigenvalue weighted by Gasteiger charge is -2.05. The number of carbonyl (C=O) groups excluding carboxylic acids is 2. The van der Waals surface area contributed by atoms with Crippen LogP contribution in [0.4, 0.5) is 11.5 Å². The minimum atomic E-state index is -0.294. The van der Waals surface area contributed by atoms with Gasteiger partial charge in [-0.3, -0.25) is 9.59 Å². The predicted molar refractivity (Wildman–Crippen MR) is 48.4 cm³/mol. The molecule has 1 heterocycles. The highest BCUT2D eigenvalue weighted by Gasteiger charge is 2.07. The summed E-state index contributed by atoms with van der Waals surface area (Å²) in [4.78, 5) is 21.5. The van der Waals surface area contributed by atoms with Crippen molar-refractivity contribution >= 4 is 23.3 Å². The number of aromatic nitrogens is 3. The fourth-order valence-electron chi connectivity index (χ4n) is 0.809. The first-order valence-corrected chi connectivity index (χ1v) is 3.83. The summed E-state index contributed by atoms with van der Waals surface area (Å²) in [6, 6.07) is 0. The van der Waals surface area contributed by atoms with E-state index in [0.717, 1.165) is 0 Å². The minimum absolute atomic E-state index is 0.183. The maximum absolute atomic E-state index is 10.8. The van der Waals surface area contributed by atoms with E-state index in [2.05, 4.69) is 26.0 Å². The third kappa shape index (κ3) is 2.77. The average Bonchev–Trinajstić information content (AvgIpc) is 2.06. The molecular weight excluding hydrogens is 186 g/mol. The standard InChI is InChI=1S/C7H9N5O2/c1-4(13)9-6-3-8-12-11-7(6)10-5(2)14/h3H,1-2H3,(H,9,12,13)(H,8,10,11,14). The van der Waals surface area contributed by atoms with Crippen LogP contribution in [-0.2, 0) is 9.59 Å². The quantitative estimate of drug-likeness (QED) is 0.680. The molecule has 0 atom stereocenters. The molecule has 2 amide bonds. The van der Waals surface area contributed by atoms with Crippen molar-refractivity contribution in [2.45, 2.75) is 13.8 Å².